The minimum Gasteiger partial charge on any atom is -0.380 e. The van der Waals surface area contributed by atoms with E-state index in [2.05, 4.69) is 32.6 Å². The Morgan fingerprint density at radius 2 is 1.92 bits per heavy atom. The van der Waals surface area contributed by atoms with Gasteiger partial charge in [0.15, 0.2) is 0 Å². The van der Waals surface area contributed by atoms with Gasteiger partial charge >= 0.3 is 0 Å². The molecule has 0 aromatic heterocycles. The first kappa shape index (κ1) is 10.0. The predicted molar refractivity (Wildman–Crippen MR) is 51.3 cm³/mol. The molecule has 1 aliphatic rings. The van der Waals surface area contributed by atoms with Crippen LogP contribution in [-0.2, 0) is 4.74 Å². The lowest BCUT2D eigenvalue weighted by Gasteiger charge is -2.35. The predicted octanol–water partition coefficient (Wildman–Crippen LogP) is 1.89. The highest BCUT2D eigenvalue weighted by molar-refractivity contribution is 4.90. The van der Waals surface area contributed by atoms with Gasteiger partial charge in [0.1, 0.15) is 0 Å². The van der Waals surface area contributed by atoms with Crippen LogP contribution in [0.25, 0.3) is 0 Å². The average Bonchev–Trinajstić information content (AvgIpc) is 2.29. The van der Waals surface area contributed by atoms with E-state index in [1.165, 1.54) is 6.42 Å². The molecule has 0 aliphatic carbocycles. The molecule has 72 valence electrons. The second-order valence-corrected chi connectivity index (χ2v) is 4.77. The molecule has 1 aliphatic heterocycles. The van der Waals surface area contributed by atoms with Crippen molar-refractivity contribution in [3.8, 4) is 0 Å². The van der Waals surface area contributed by atoms with Gasteiger partial charge in [-0.05, 0) is 34.1 Å². The summed E-state index contributed by atoms with van der Waals surface area (Å²) in [5, 5.41) is 0. The molecule has 0 spiro atoms. The highest BCUT2D eigenvalue weighted by atomic mass is 16.5. The number of nitrogens with zero attached hydrogens (tertiary/aromatic N) is 1. The summed E-state index contributed by atoms with van der Waals surface area (Å²) in [6, 6.07) is 0.662. The molecule has 12 heavy (non-hydrogen) atoms. The zero-order valence-corrected chi connectivity index (χ0v) is 8.92. The van der Waals surface area contributed by atoms with Crippen molar-refractivity contribution in [2.75, 3.05) is 13.7 Å². The van der Waals surface area contributed by atoms with Gasteiger partial charge in [-0.15, -0.1) is 0 Å². The summed E-state index contributed by atoms with van der Waals surface area (Å²) < 4.78 is 5.37. The zero-order chi connectivity index (χ0) is 9.35. The summed E-state index contributed by atoms with van der Waals surface area (Å²) in [5.41, 5.74) is 0.284. The van der Waals surface area contributed by atoms with Crippen LogP contribution in [0, 0.1) is 0 Å². The molecule has 0 N–H and O–H groups in total. The van der Waals surface area contributed by atoms with E-state index in [4.69, 9.17) is 4.74 Å². The van der Waals surface area contributed by atoms with Crippen molar-refractivity contribution in [2.24, 2.45) is 0 Å². The van der Waals surface area contributed by atoms with Crippen LogP contribution >= 0.6 is 0 Å². The fourth-order valence-electron chi connectivity index (χ4n) is 2.09. The number of likely N-dealkylation sites (tertiary alicyclic amines) is 1. The first-order valence-corrected chi connectivity index (χ1v) is 4.74. The van der Waals surface area contributed by atoms with Crippen molar-refractivity contribution in [2.45, 2.75) is 51.8 Å². The van der Waals surface area contributed by atoms with Gasteiger partial charge in [-0.3, -0.25) is 4.90 Å². The van der Waals surface area contributed by atoms with Gasteiger partial charge in [-0.1, -0.05) is 0 Å². The molecule has 0 aromatic carbocycles. The fraction of sp³-hybridized carbons (Fsp3) is 1.00. The average molecular weight is 171 g/mol. The van der Waals surface area contributed by atoms with Gasteiger partial charge in [-0.25, -0.2) is 0 Å². The van der Waals surface area contributed by atoms with Crippen molar-refractivity contribution in [3.05, 3.63) is 0 Å². The molecule has 2 atom stereocenters. The molecule has 1 fully saturated rings. The number of ether oxygens (including phenoxy) is 1. The fourth-order valence-corrected chi connectivity index (χ4v) is 2.09. The standard InChI is InChI=1S/C10H21NO/c1-8-6-9(12-5)7-11(8)10(2,3)4/h8-9H,6-7H2,1-5H3/t8-,9+/m1/s1. The summed E-state index contributed by atoms with van der Waals surface area (Å²) >= 11 is 0. The van der Waals surface area contributed by atoms with Crippen molar-refractivity contribution in [1.29, 1.82) is 0 Å². The van der Waals surface area contributed by atoms with E-state index in [0.717, 1.165) is 6.54 Å². The van der Waals surface area contributed by atoms with E-state index in [1.54, 1.807) is 0 Å². The summed E-state index contributed by atoms with van der Waals surface area (Å²) in [6.45, 7) is 10.2. The second kappa shape index (κ2) is 3.35. The first-order valence-electron chi connectivity index (χ1n) is 4.74. The minimum absolute atomic E-state index is 0.284. The Hall–Kier alpha value is -0.0800. The molecule has 0 radical (unpaired) electrons. The number of hydrogen-bond donors (Lipinski definition) is 0. The van der Waals surface area contributed by atoms with Crippen LogP contribution in [0.1, 0.15) is 34.1 Å². The smallest absolute Gasteiger partial charge is 0.0713 e. The molecule has 0 aromatic rings. The molecule has 0 bridgehead atoms. The van der Waals surface area contributed by atoms with Crippen LogP contribution in [0.4, 0.5) is 0 Å². The van der Waals surface area contributed by atoms with Gasteiger partial charge < -0.3 is 4.74 Å². The highest BCUT2D eigenvalue weighted by Gasteiger charge is 2.35. The third kappa shape index (κ3) is 1.99. The van der Waals surface area contributed by atoms with Crippen LogP contribution in [0.2, 0.25) is 0 Å². The SMILES string of the molecule is CO[C@H]1C[C@@H](C)N(C(C)(C)C)C1. The molecule has 2 heteroatoms. The van der Waals surface area contributed by atoms with E-state index in [1.807, 2.05) is 7.11 Å². The van der Waals surface area contributed by atoms with Gasteiger partial charge in [0.05, 0.1) is 6.10 Å². The van der Waals surface area contributed by atoms with Gasteiger partial charge in [-0.2, -0.15) is 0 Å². The number of rotatable bonds is 1. The monoisotopic (exact) mass is 171 g/mol. The first-order chi connectivity index (χ1) is 5.45. The third-order valence-electron chi connectivity index (χ3n) is 2.73. The molecule has 1 saturated heterocycles. The quantitative estimate of drug-likeness (QED) is 0.597. The molecule has 0 saturated carbocycles. The lowest BCUT2D eigenvalue weighted by Crippen LogP contribution is -2.43. The maximum Gasteiger partial charge on any atom is 0.0713 e. The summed E-state index contributed by atoms with van der Waals surface area (Å²) in [5.74, 6) is 0. The van der Waals surface area contributed by atoms with Gasteiger partial charge in [0.25, 0.3) is 0 Å². The van der Waals surface area contributed by atoms with Crippen molar-refractivity contribution in [1.82, 2.24) is 4.90 Å². The Labute approximate surface area is 75.9 Å². The topological polar surface area (TPSA) is 12.5 Å². The Bertz CT molecular complexity index is 150. The van der Waals surface area contributed by atoms with Crippen LogP contribution in [0.15, 0.2) is 0 Å². The van der Waals surface area contributed by atoms with Crippen molar-refractivity contribution in [3.63, 3.8) is 0 Å². The van der Waals surface area contributed by atoms with Crippen LogP contribution in [-0.4, -0.2) is 36.2 Å². The van der Waals surface area contributed by atoms with Crippen LogP contribution < -0.4 is 0 Å². The Kier molecular flexibility index (Phi) is 2.79. The van der Waals surface area contributed by atoms with Crippen molar-refractivity contribution >= 4 is 0 Å². The lowest BCUT2D eigenvalue weighted by molar-refractivity contribution is 0.0832. The molecule has 2 nitrogen and oxygen atoms in total. The largest absolute Gasteiger partial charge is 0.380 e. The molecular formula is C10H21NO. The second-order valence-electron chi connectivity index (χ2n) is 4.77. The third-order valence-corrected chi connectivity index (χ3v) is 2.73. The lowest BCUT2D eigenvalue weighted by atomic mass is 10.1. The summed E-state index contributed by atoms with van der Waals surface area (Å²) in [6.07, 6.45) is 1.62. The normalized spacial score (nSPS) is 32.8. The number of methoxy groups -OCH3 is 1. The molecule has 0 amide bonds. The molecular weight excluding hydrogens is 150 g/mol. The maximum atomic E-state index is 5.37. The van der Waals surface area contributed by atoms with E-state index in [-0.39, 0.29) is 5.54 Å². The van der Waals surface area contributed by atoms with E-state index in [0.29, 0.717) is 12.1 Å². The summed E-state index contributed by atoms with van der Waals surface area (Å²) in [7, 11) is 1.81. The minimum atomic E-state index is 0.284. The molecule has 0 unspecified atom stereocenters. The maximum absolute atomic E-state index is 5.37. The molecule has 1 heterocycles. The van der Waals surface area contributed by atoms with Crippen LogP contribution in [0.5, 0.6) is 0 Å². The molecule has 1 rings (SSSR count). The Balaban J connectivity index is 2.58. The van der Waals surface area contributed by atoms with E-state index >= 15 is 0 Å². The van der Waals surface area contributed by atoms with Gasteiger partial charge in [0.2, 0.25) is 0 Å². The van der Waals surface area contributed by atoms with Crippen molar-refractivity contribution < 1.29 is 4.74 Å². The Morgan fingerprint density at radius 1 is 1.33 bits per heavy atom. The highest BCUT2D eigenvalue weighted by Crippen LogP contribution is 2.27. The van der Waals surface area contributed by atoms with Crippen LogP contribution in [0.3, 0.4) is 0 Å². The Morgan fingerprint density at radius 3 is 2.17 bits per heavy atom. The van der Waals surface area contributed by atoms with E-state index < -0.39 is 0 Å². The van der Waals surface area contributed by atoms with Gasteiger partial charge in [0, 0.05) is 25.2 Å². The summed E-state index contributed by atoms with van der Waals surface area (Å²) in [4.78, 5) is 2.52. The zero-order valence-electron chi connectivity index (χ0n) is 8.92. The van der Waals surface area contributed by atoms with E-state index in [9.17, 15) is 0 Å². The number of hydrogen-bond acceptors (Lipinski definition) is 2.